The van der Waals surface area contributed by atoms with Crippen LogP contribution in [0.5, 0.6) is 0 Å². The zero-order valence-corrected chi connectivity index (χ0v) is 9.23. The van der Waals surface area contributed by atoms with Gasteiger partial charge in [0.15, 0.2) is 0 Å². The Morgan fingerprint density at radius 1 is 1.38 bits per heavy atom. The molecule has 0 fully saturated rings. The van der Waals surface area contributed by atoms with E-state index in [4.69, 9.17) is 0 Å². The van der Waals surface area contributed by atoms with Crippen LogP contribution in [0.1, 0.15) is 13.8 Å². The maximum Gasteiger partial charge on any atom is 0.269 e. The van der Waals surface area contributed by atoms with E-state index < -0.39 is 4.92 Å². The molecule has 0 unspecified atom stereocenters. The molecule has 0 bridgehead atoms. The lowest BCUT2D eigenvalue weighted by Crippen LogP contribution is -1.98. The third kappa shape index (κ3) is 3.20. The van der Waals surface area contributed by atoms with Gasteiger partial charge in [0.2, 0.25) is 0 Å². The zero-order chi connectivity index (χ0) is 12.1. The minimum atomic E-state index is -0.438. The summed E-state index contributed by atoms with van der Waals surface area (Å²) in [6.07, 6.45) is 0. The van der Waals surface area contributed by atoms with Crippen LogP contribution in [0.4, 0.5) is 11.4 Å². The lowest BCUT2D eigenvalue weighted by molar-refractivity contribution is -0.384. The van der Waals surface area contributed by atoms with Crippen molar-refractivity contribution in [1.29, 1.82) is 0 Å². The summed E-state index contributed by atoms with van der Waals surface area (Å²) in [6.45, 7) is 7.44. The second kappa shape index (κ2) is 5.06. The summed E-state index contributed by atoms with van der Waals surface area (Å²) in [5.74, 6) is 0. The third-order valence-corrected chi connectivity index (χ3v) is 2.05. The number of hydrogen-bond donors (Lipinski definition) is 1. The van der Waals surface area contributed by atoms with Crippen molar-refractivity contribution >= 4 is 17.1 Å². The standard InChI is InChI=1S/C11H13N3O2/c1-8(2)9(3)12-13-10-4-6-11(7-5-10)14(15)16/h4-7,13H,1H2,2-3H3/b12-9+. The summed E-state index contributed by atoms with van der Waals surface area (Å²) in [4.78, 5) is 9.98. The van der Waals surface area contributed by atoms with Gasteiger partial charge in [0.05, 0.1) is 16.3 Å². The van der Waals surface area contributed by atoms with Gasteiger partial charge in [0.1, 0.15) is 0 Å². The van der Waals surface area contributed by atoms with Gasteiger partial charge >= 0.3 is 0 Å². The topological polar surface area (TPSA) is 67.5 Å². The van der Waals surface area contributed by atoms with Crippen LogP contribution in [0.25, 0.3) is 0 Å². The highest BCUT2D eigenvalue weighted by molar-refractivity contribution is 5.97. The van der Waals surface area contributed by atoms with E-state index in [2.05, 4.69) is 17.1 Å². The fourth-order valence-corrected chi connectivity index (χ4v) is 0.902. The number of hydrazone groups is 1. The Morgan fingerprint density at radius 2 is 1.94 bits per heavy atom. The number of anilines is 1. The minimum Gasteiger partial charge on any atom is -0.278 e. The van der Waals surface area contributed by atoms with Crippen LogP contribution in [0.3, 0.4) is 0 Å². The first-order valence-corrected chi connectivity index (χ1v) is 4.71. The average molecular weight is 219 g/mol. The van der Waals surface area contributed by atoms with Crippen LogP contribution >= 0.6 is 0 Å². The molecular formula is C11H13N3O2. The second-order valence-corrected chi connectivity index (χ2v) is 3.39. The Morgan fingerprint density at radius 3 is 2.38 bits per heavy atom. The van der Waals surface area contributed by atoms with E-state index in [1.54, 1.807) is 12.1 Å². The van der Waals surface area contributed by atoms with Gasteiger partial charge in [-0.1, -0.05) is 6.58 Å². The molecule has 0 aliphatic carbocycles. The smallest absolute Gasteiger partial charge is 0.269 e. The van der Waals surface area contributed by atoms with Crippen LogP contribution < -0.4 is 5.43 Å². The third-order valence-electron chi connectivity index (χ3n) is 2.05. The Bertz CT molecular complexity index is 435. The quantitative estimate of drug-likeness (QED) is 0.481. The number of hydrogen-bond acceptors (Lipinski definition) is 4. The lowest BCUT2D eigenvalue weighted by Gasteiger charge is -2.02. The highest BCUT2D eigenvalue weighted by Gasteiger charge is 2.02. The summed E-state index contributed by atoms with van der Waals surface area (Å²) < 4.78 is 0. The van der Waals surface area contributed by atoms with E-state index in [-0.39, 0.29) is 5.69 Å². The van der Waals surface area contributed by atoms with Gasteiger partial charge in [-0.05, 0) is 31.6 Å². The summed E-state index contributed by atoms with van der Waals surface area (Å²) in [5.41, 5.74) is 5.22. The Labute approximate surface area is 93.6 Å². The summed E-state index contributed by atoms with van der Waals surface area (Å²) >= 11 is 0. The summed E-state index contributed by atoms with van der Waals surface area (Å²) in [6, 6.07) is 6.06. The molecule has 0 saturated carbocycles. The molecular weight excluding hydrogens is 206 g/mol. The highest BCUT2D eigenvalue weighted by Crippen LogP contribution is 2.15. The predicted molar refractivity (Wildman–Crippen MR) is 64.6 cm³/mol. The highest BCUT2D eigenvalue weighted by atomic mass is 16.6. The van der Waals surface area contributed by atoms with Crippen molar-refractivity contribution in [2.24, 2.45) is 5.10 Å². The van der Waals surface area contributed by atoms with Crippen LogP contribution in [0.2, 0.25) is 0 Å². The number of nitro groups is 1. The first kappa shape index (κ1) is 11.9. The van der Waals surface area contributed by atoms with Gasteiger partial charge in [-0.25, -0.2) is 0 Å². The molecule has 1 N–H and O–H groups in total. The van der Waals surface area contributed by atoms with Gasteiger partial charge in [-0.3, -0.25) is 15.5 Å². The molecule has 0 amide bonds. The molecule has 0 aromatic heterocycles. The molecule has 0 atom stereocenters. The van der Waals surface area contributed by atoms with Crippen molar-refractivity contribution in [3.8, 4) is 0 Å². The van der Waals surface area contributed by atoms with E-state index in [9.17, 15) is 10.1 Å². The Hall–Kier alpha value is -2.17. The van der Waals surface area contributed by atoms with Gasteiger partial charge in [0, 0.05) is 12.1 Å². The molecule has 1 aromatic rings. The molecule has 0 aliphatic rings. The van der Waals surface area contributed by atoms with Gasteiger partial charge in [-0.15, -0.1) is 0 Å². The maximum atomic E-state index is 10.4. The van der Waals surface area contributed by atoms with Crippen molar-refractivity contribution in [2.75, 3.05) is 5.43 Å². The van der Waals surface area contributed by atoms with E-state index in [0.717, 1.165) is 11.3 Å². The molecule has 1 aromatic carbocycles. The minimum absolute atomic E-state index is 0.0613. The molecule has 84 valence electrons. The van der Waals surface area contributed by atoms with Gasteiger partial charge in [-0.2, -0.15) is 5.10 Å². The number of nitrogens with one attached hydrogen (secondary N) is 1. The van der Waals surface area contributed by atoms with E-state index in [0.29, 0.717) is 5.69 Å². The number of non-ortho nitro benzene ring substituents is 1. The van der Waals surface area contributed by atoms with Gasteiger partial charge in [0.25, 0.3) is 5.69 Å². The molecule has 1 rings (SSSR count). The molecule has 5 heteroatoms. The number of allylic oxidation sites excluding steroid dienone is 1. The zero-order valence-electron chi connectivity index (χ0n) is 9.23. The maximum absolute atomic E-state index is 10.4. The van der Waals surface area contributed by atoms with Gasteiger partial charge < -0.3 is 0 Å². The molecule has 0 radical (unpaired) electrons. The number of rotatable bonds is 4. The summed E-state index contributed by atoms with van der Waals surface area (Å²) in [5, 5.41) is 14.5. The van der Waals surface area contributed by atoms with Crippen molar-refractivity contribution in [3.05, 3.63) is 46.5 Å². The molecule has 16 heavy (non-hydrogen) atoms. The van der Waals surface area contributed by atoms with Crippen molar-refractivity contribution in [1.82, 2.24) is 0 Å². The van der Waals surface area contributed by atoms with E-state index >= 15 is 0 Å². The second-order valence-electron chi connectivity index (χ2n) is 3.39. The summed E-state index contributed by atoms with van der Waals surface area (Å²) in [7, 11) is 0. The number of benzene rings is 1. The number of nitrogens with zero attached hydrogens (tertiary/aromatic N) is 2. The molecule has 0 aliphatic heterocycles. The van der Waals surface area contributed by atoms with Crippen LogP contribution in [-0.2, 0) is 0 Å². The predicted octanol–water partition coefficient (Wildman–Crippen LogP) is 2.96. The SMILES string of the molecule is C=C(C)/C(C)=N/Nc1ccc([N+](=O)[O-])cc1. The first-order valence-electron chi connectivity index (χ1n) is 4.71. The molecule has 0 heterocycles. The van der Waals surface area contributed by atoms with Crippen LogP contribution in [-0.4, -0.2) is 10.6 Å². The monoisotopic (exact) mass is 219 g/mol. The lowest BCUT2D eigenvalue weighted by atomic mass is 10.2. The molecule has 5 nitrogen and oxygen atoms in total. The van der Waals surface area contributed by atoms with Crippen molar-refractivity contribution < 1.29 is 4.92 Å². The van der Waals surface area contributed by atoms with Crippen LogP contribution in [0, 0.1) is 10.1 Å². The Balaban J connectivity index is 2.73. The van der Waals surface area contributed by atoms with E-state index in [1.807, 2.05) is 13.8 Å². The average Bonchev–Trinajstić information content (AvgIpc) is 2.26. The van der Waals surface area contributed by atoms with Crippen molar-refractivity contribution in [2.45, 2.75) is 13.8 Å². The van der Waals surface area contributed by atoms with E-state index in [1.165, 1.54) is 12.1 Å². The fourth-order valence-electron chi connectivity index (χ4n) is 0.902. The Kier molecular flexibility index (Phi) is 3.77. The fraction of sp³-hybridized carbons (Fsp3) is 0.182. The molecule has 0 spiro atoms. The normalized spacial score (nSPS) is 11.0. The largest absolute Gasteiger partial charge is 0.278 e. The van der Waals surface area contributed by atoms with Crippen LogP contribution in [0.15, 0.2) is 41.5 Å². The first-order chi connectivity index (χ1) is 7.50. The number of nitro benzene ring substituents is 1. The molecule has 0 saturated heterocycles. The van der Waals surface area contributed by atoms with Crippen molar-refractivity contribution in [3.63, 3.8) is 0 Å².